The van der Waals surface area contributed by atoms with Crippen molar-refractivity contribution in [2.75, 3.05) is 11.9 Å². The Balaban J connectivity index is 1.47. The molecule has 0 spiro atoms. The summed E-state index contributed by atoms with van der Waals surface area (Å²) >= 11 is 6.30. The minimum atomic E-state index is -3.47. The summed E-state index contributed by atoms with van der Waals surface area (Å²) in [7, 11) is -3.47. The van der Waals surface area contributed by atoms with Crippen molar-refractivity contribution in [3.63, 3.8) is 0 Å². The molecule has 0 heterocycles. The number of aryl methyl sites for hydroxylation is 2. The number of hydrogen-bond donors (Lipinski definition) is 2. The molecule has 4 aromatic carbocycles. The summed E-state index contributed by atoms with van der Waals surface area (Å²) in [5.74, 6) is 6.25. The van der Waals surface area contributed by atoms with Crippen molar-refractivity contribution in [2.45, 2.75) is 32.1 Å². The summed E-state index contributed by atoms with van der Waals surface area (Å²) in [5, 5.41) is 4.23. The number of benzene rings is 4. The molecule has 0 aliphatic rings. The Bertz CT molecular complexity index is 1480. The molecule has 0 radical (unpaired) electrons. The molecule has 0 amide bonds. The van der Waals surface area contributed by atoms with Crippen LogP contribution < -0.4 is 10.0 Å². The van der Waals surface area contributed by atoms with Crippen LogP contribution in [-0.2, 0) is 15.8 Å². The van der Waals surface area contributed by atoms with Crippen molar-refractivity contribution in [3.8, 4) is 11.8 Å². The largest absolute Gasteiger partial charge is 0.373 e. The van der Waals surface area contributed by atoms with Crippen LogP contribution in [0.25, 0.3) is 0 Å². The van der Waals surface area contributed by atoms with E-state index in [0.717, 1.165) is 39.1 Å². The zero-order valence-electron chi connectivity index (χ0n) is 21.5. The second-order valence-corrected chi connectivity index (χ2v) is 11.4. The van der Waals surface area contributed by atoms with E-state index in [4.69, 9.17) is 11.6 Å². The van der Waals surface area contributed by atoms with Gasteiger partial charge in [-0.1, -0.05) is 102 Å². The van der Waals surface area contributed by atoms with Crippen LogP contribution in [0.4, 0.5) is 5.69 Å². The van der Waals surface area contributed by atoms with Gasteiger partial charge in [0.25, 0.3) is 0 Å². The Morgan fingerprint density at radius 3 is 2.03 bits per heavy atom. The van der Waals surface area contributed by atoms with Gasteiger partial charge in [0.15, 0.2) is 0 Å². The predicted molar refractivity (Wildman–Crippen MR) is 158 cm³/mol. The van der Waals surface area contributed by atoms with Gasteiger partial charge in [-0.3, -0.25) is 0 Å². The van der Waals surface area contributed by atoms with Crippen molar-refractivity contribution in [1.29, 1.82) is 0 Å². The van der Waals surface area contributed by atoms with E-state index in [-0.39, 0.29) is 18.3 Å². The number of nitrogens with one attached hydrogen (secondary N) is 2. The lowest BCUT2D eigenvalue weighted by molar-refractivity contribution is 0.581. The number of anilines is 1. The molecule has 0 atom stereocenters. The predicted octanol–water partition coefficient (Wildman–Crippen LogP) is 7.02. The Labute approximate surface area is 231 Å². The molecular formula is C32H31ClN2O2S. The molecule has 0 aromatic heterocycles. The first-order valence-electron chi connectivity index (χ1n) is 12.5. The molecule has 0 aliphatic carbocycles. The number of rotatable bonds is 9. The van der Waals surface area contributed by atoms with E-state index in [0.29, 0.717) is 11.4 Å². The zero-order chi connectivity index (χ0) is 27.0. The highest BCUT2D eigenvalue weighted by Gasteiger charge is 2.16. The second kappa shape index (κ2) is 12.8. The summed E-state index contributed by atoms with van der Waals surface area (Å²) in [6, 6.07) is 31.8. The van der Waals surface area contributed by atoms with Crippen molar-refractivity contribution in [1.82, 2.24) is 4.72 Å². The average Bonchev–Trinajstić information content (AvgIpc) is 2.91. The zero-order valence-corrected chi connectivity index (χ0v) is 23.1. The Morgan fingerprint density at radius 1 is 0.816 bits per heavy atom. The smallest absolute Gasteiger partial charge is 0.215 e. The van der Waals surface area contributed by atoms with Gasteiger partial charge < -0.3 is 5.32 Å². The molecule has 194 valence electrons. The highest BCUT2D eigenvalue weighted by atomic mass is 35.5. The number of hydrogen-bond acceptors (Lipinski definition) is 3. The van der Waals surface area contributed by atoms with Gasteiger partial charge in [-0.05, 0) is 59.9 Å². The molecule has 0 saturated carbocycles. The van der Waals surface area contributed by atoms with E-state index >= 15 is 0 Å². The summed E-state index contributed by atoms with van der Waals surface area (Å²) in [6.45, 7) is 4.10. The first kappa shape index (κ1) is 27.5. The van der Waals surface area contributed by atoms with Gasteiger partial charge in [0, 0.05) is 23.6 Å². The maximum atomic E-state index is 12.6. The Kier molecular flexibility index (Phi) is 9.25. The fraction of sp³-hybridized carbons (Fsp3) is 0.188. The van der Waals surface area contributed by atoms with Gasteiger partial charge in [0.2, 0.25) is 10.0 Å². The minimum Gasteiger partial charge on any atom is -0.373 e. The second-order valence-electron chi connectivity index (χ2n) is 9.16. The SMILES string of the molecule is Cc1cccc(C)c1CS(=O)(=O)NCCC#Cc1cc(Cl)ccc1NC(c1ccccc1)c1ccccc1. The van der Waals surface area contributed by atoms with Crippen LogP contribution in [0.5, 0.6) is 0 Å². The summed E-state index contributed by atoms with van der Waals surface area (Å²) in [4.78, 5) is 0. The molecule has 0 unspecified atom stereocenters. The normalized spacial score (nSPS) is 11.2. The molecule has 0 aliphatic heterocycles. The van der Waals surface area contributed by atoms with E-state index in [1.807, 2.05) is 86.6 Å². The molecular weight excluding hydrogens is 512 g/mol. The van der Waals surface area contributed by atoms with Gasteiger partial charge in [0.05, 0.1) is 17.5 Å². The van der Waals surface area contributed by atoms with Crippen molar-refractivity contribution in [2.24, 2.45) is 0 Å². The molecule has 2 N–H and O–H groups in total. The average molecular weight is 543 g/mol. The lowest BCUT2D eigenvalue weighted by atomic mass is 9.98. The van der Waals surface area contributed by atoms with Crippen LogP contribution in [0.2, 0.25) is 5.02 Å². The minimum absolute atomic E-state index is 0.0400. The van der Waals surface area contributed by atoms with Crippen LogP contribution in [0.3, 0.4) is 0 Å². The summed E-state index contributed by atoms with van der Waals surface area (Å²) in [6.07, 6.45) is 0.374. The maximum absolute atomic E-state index is 12.6. The topological polar surface area (TPSA) is 58.2 Å². The molecule has 4 aromatic rings. The van der Waals surface area contributed by atoms with Gasteiger partial charge in [-0.15, -0.1) is 0 Å². The standard InChI is InChI=1S/C32H31ClN2O2S/c1-24-12-11-13-25(2)30(24)23-38(36,37)34-21-10-9-18-28-22-29(33)19-20-31(28)35-32(26-14-5-3-6-15-26)27-16-7-4-8-17-27/h3-8,11-17,19-20,22,32,34-35H,10,21,23H2,1-2H3. The summed E-state index contributed by atoms with van der Waals surface area (Å²) in [5.41, 5.74) is 6.66. The third kappa shape index (κ3) is 7.49. The van der Waals surface area contributed by atoms with E-state index < -0.39 is 10.0 Å². The van der Waals surface area contributed by atoms with E-state index in [1.165, 1.54) is 0 Å². The molecule has 0 fully saturated rings. The quantitative estimate of drug-likeness (QED) is 0.176. The van der Waals surface area contributed by atoms with Gasteiger partial charge in [-0.2, -0.15) is 0 Å². The first-order chi connectivity index (χ1) is 18.3. The fourth-order valence-corrected chi connectivity index (χ4v) is 5.82. The maximum Gasteiger partial charge on any atom is 0.215 e. The Morgan fingerprint density at radius 2 is 1.42 bits per heavy atom. The van der Waals surface area contributed by atoms with Gasteiger partial charge >= 0.3 is 0 Å². The van der Waals surface area contributed by atoms with Crippen molar-refractivity contribution < 1.29 is 8.42 Å². The van der Waals surface area contributed by atoms with Gasteiger partial charge in [0.1, 0.15) is 0 Å². The number of halogens is 1. The van der Waals surface area contributed by atoms with Crippen LogP contribution in [-0.4, -0.2) is 15.0 Å². The van der Waals surface area contributed by atoms with Crippen LogP contribution in [0, 0.1) is 25.7 Å². The van der Waals surface area contributed by atoms with Crippen LogP contribution in [0.1, 0.15) is 45.8 Å². The lowest BCUT2D eigenvalue weighted by Crippen LogP contribution is -2.26. The van der Waals surface area contributed by atoms with E-state index in [2.05, 4.69) is 46.1 Å². The highest BCUT2D eigenvalue weighted by molar-refractivity contribution is 7.88. The van der Waals surface area contributed by atoms with Crippen molar-refractivity contribution >= 4 is 27.3 Å². The molecule has 0 saturated heterocycles. The molecule has 4 nitrogen and oxygen atoms in total. The monoisotopic (exact) mass is 542 g/mol. The molecule has 38 heavy (non-hydrogen) atoms. The van der Waals surface area contributed by atoms with Gasteiger partial charge in [-0.25, -0.2) is 13.1 Å². The van der Waals surface area contributed by atoms with E-state index in [1.54, 1.807) is 0 Å². The molecule has 6 heteroatoms. The lowest BCUT2D eigenvalue weighted by Gasteiger charge is -2.22. The third-order valence-electron chi connectivity index (χ3n) is 6.32. The fourth-order valence-electron chi connectivity index (χ4n) is 4.30. The third-order valence-corrected chi connectivity index (χ3v) is 7.87. The number of sulfonamides is 1. The molecule has 4 rings (SSSR count). The molecule has 0 bridgehead atoms. The first-order valence-corrected chi connectivity index (χ1v) is 14.5. The van der Waals surface area contributed by atoms with Crippen LogP contribution in [0.15, 0.2) is 97.1 Å². The summed E-state index contributed by atoms with van der Waals surface area (Å²) < 4.78 is 28.0. The highest BCUT2D eigenvalue weighted by Crippen LogP contribution is 2.29. The van der Waals surface area contributed by atoms with E-state index in [9.17, 15) is 8.42 Å². The Hall–Kier alpha value is -3.56. The van der Waals surface area contributed by atoms with Crippen LogP contribution >= 0.6 is 11.6 Å². The van der Waals surface area contributed by atoms with Crippen molar-refractivity contribution in [3.05, 3.63) is 135 Å².